The fourth-order valence-corrected chi connectivity index (χ4v) is 3.78. The van der Waals surface area contributed by atoms with Crippen molar-refractivity contribution >= 4 is 0 Å². The van der Waals surface area contributed by atoms with Crippen molar-refractivity contribution in [3.8, 4) is 6.07 Å². The van der Waals surface area contributed by atoms with Crippen LogP contribution < -0.4 is 0 Å². The van der Waals surface area contributed by atoms with Crippen LogP contribution >= 0.6 is 0 Å². The Labute approximate surface area is 113 Å². The number of hydrogen-bond acceptors (Lipinski definition) is 2. The summed E-state index contributed by atoms with van der Waals surface area (Å²) in [7, 11) is 0. The van der Waals surface area contributed by atoms with E-state index in [9.17, 15) is 9.65 Å². The van der Waals surface area contributed by atoms with Crippen molar-refractivity contribution in [1.29, 1.82) is 5.26 Å². The van der Waals surface area contributed by atoms with E-state index in [1.807, 2.05) is 25.1 Å². The van der Waals surface area contributed by atoms with E-state index in [-0.39, 0.29) is 23.9 Å². The summed E-state index contributed by atoms with van der Waals surface area (Å²) in [5.41, 5.74) is 0.123. The molecule has 2 fully saturated rings. The molecule has 100 valence electrons. The maximum atomic E-state index is 14.4. The molecule has 0 aromatic heterocycles. The van der Waals surface area contributed by atoms with Gasteiger partial charge in [-0.15, -0.1) is 0 Å². The van der Waals surface area contributed by atoms with Gasteiger partial charge in [-0.3, -0.25) is 4.90 Å². The third-order valence-electron chi connectivity index (χ3n) is 5.05. The fourth-order valence-electron chi connectivity index (χ4n) is 3.78. The van der Waals surface area contributed by atoms with Crippen molar-refractivity contribution in [2.24, 2.45) is 11.8 Å². The molecule has 1 saturated heterocycles. The molecule has 3 rings (SSSR count). The molecule has 2 aliphatic rings. The Kier molecular flexibility index (Phi) is 2.87. The molecule has 0 spiro atoms. The van der Waals surface area contributed by atoms with E-state index in [0.717, 1.165) is 0 Å². The van der Waals surface area contributed by atoms with E-state index in [0.29, 0.717) is 13.0 Å². The van der Waals surface area contributed by atoms with Crippen molar-refractivity contribution in [2.75, 3.05) is 6.54 Å². The molecule has 1 aromatic carbocycles. The van der Waals surface area contributed by atoms with Crippen molar-refractivity contribution in [2.45, 2.75) is 38.0 Å². The molecular formula is C16H19FN2. The van der Waals surface area contributed by atoms with E-state index in [1.54, 1.807) is 0 Å². The van der Waals surface area contributed by atoms with Crippen LogP contribution in [0.1, 0.15) is 31.9 Å². The van der Waals surface area contributed by atoms with Gasteiger partial charge in [0.05, 0.1) is 6.07 Å². The summed E-state index contributed by atoms with van der Waals surface area (Å²) in [4.78, 5) is 2.16. The monoisotopic (exact) mass is 258 g/mol. The standard InChI is InChI=1S/C16H19FN2/c1-3-16(17)13-10-19(14(9-18)15(13)16)11(2)12-7-5-4-6-8-12/h4-8,11,13-15H,3,10H2,1-2H3. The first-order valence-corrected chi connectivity index (χ1v) is 7.02. The zero-order valence-corrected chi connectivity index (χ0v) is 11.4. The van der Waals surface area contributed by atoms with Crippen molar-refractivity contribution in [3.05, 3.63) is 35.9 Å². The van der Waals surface area contributed by atoms with Gasteiger partial charge in [0.1, 0.15) is 11.7 Å². The zero-order chi connectivity index (χ0) is 13.6. The number of halogens is 1. The Morgan fingerprint density at radius 1 is 1.47 bits per heavy atom. The van der Waals surface area contributed by atoms with Crippen molar-refractivity contribution in [3.63, 3.8) is 0 Å². The molecule has 0 bridgehead atoms. The van der Waals surface area contributed by atoms with Gasteiger partial charge in [-0.25, -0.2) is 4.39 Å². The molecule has 1 saturated carbocycles. The summed E-state index contributed by atoms with van der Waals surface area (Å²) in [5.74, 6) is -0.0121. The molecule has 1 aliphatic heterocycles. The number of piperidine rings is 1. The van der Waals surface area contributed by atoms with Crippen LogP contribution in [-0.4, -0.2) is 23.2 Å². The Morgan fingerprint density at radius 3 is 2.74 bits per heavy atom. The largest absolute Gasteiger partial charge is 0.280 e. The number of hydrogen-bond donors (Lipinski definition) is 0. The van der Waals surface area contributed by atoms with E-state index in [4.69, 9.17) is 0 Å². The lowest BCUT2D eigenvalue weighted by Crippen LogP contribution is -2.38. The molecule has 19 heavy (non-hydrogen) atoms. The van der Waals surface area contributed by atoms with E-state index >= 15 is 0 Å². The average Bonchev–Trinajstić information content (AvgIpc) is 2.86. The highest BCUT2D eigenvalue weighted by Crippen LogP contribution is 2.63. The van der Waals surface area contributed by atoms with Crippen LogP contribution in [0.3, 0.4) is 0 Å². The summed E-state index contributed by atoms with van der Waals surface area (Å²) >= 11 is 0. The van der Waals surface area contributed by atoms with Crippen LogP contribution in [0.4, 0.5) is 4.39 Å². The summed E-state index contributed by atoms with van der Waals surface area (Å²) in [6, 6.07) is 12.4. The second-order valence-corrected chi connectivity index (χ2v) is 5.77. The summed E-state index contributed by atoms with van der Waals surface area (Å²) < 4.78 is 14.4. The number of nitriles is 1. The molecule has 0 N–H and O–H groups in total. The quantitative estimate of drug-likeness (QED) is 0.831. The predicted octanol–water partition coefficient (Wildman–Crippen LogP) is 3.32. The lowest BCUT2D eigenvalue weighted by atomic mass is 10.0. The maximum absolute atomic E-state index is 14.4. The topological polar surface area (TPSA) is 27.0 Å². The van der Waals surface area contributed by atoms with E-state index in [2.05, 4.69) is 30.0 Å². The van der Waals surface area contributed by atoms with Crippen LogP contribution in [0, 0.1) is 23.2 Å². The molecule has 1 aromatic rings. The van der Waals surface area contributed by atoms with Gasteiger partial charge in [-0.05, 0) is 18.9 Å². The molecule has 3 heteroatoms. The van der Waals surface area contributed by atoms with Crippen LogP contribution in [0.25, 0.3) is 0 Å². The number of likely N-dealkylation sites (tertiary alicyclic amines) is 1. The minimum Gasteiger partial charge on any atom is -0.280 e. The minimum atomic E-state index is -1.08. The number of fused-ring (bicyclic) bond motifs is 1. The minimum absolute atomic E-state index is 0.0633. The predicted molar refractivity (Wildman–Crippen MR) is 72.1 cm³/mol. The van der Waals surface area contributed by atoms with Gasteiger partial charge < -0.3 is 0 Å². The molecule has 0 radical (unpaired) electrons. The Bertz CT molecular complexity index is 509. The third kappa shape index (κ3) is 1.70. The van der Waals surface area contributed by atoms with Gasteiger partial charge in [0.15, 0.2) is 0 Å². The van der Waals surface area contributed by atoms with Crippen LogP contribution in [-0.2, 0) is 0 Å². The average molecular weight is 258 g/mol. The summed E-state index contributed by atoms with van der Waals surface area (Å²) in [6.07, 6.45) is 0.536. The van der Waals surface area contributed by atoms with Gasteiger partial charge in [0.25, 0.3) is 0 Å². The first kappa shape index (κ1) is 12.6. The fraction of sp³-hybridized carbons (Fsp3) is 0.562. The Balaban J connectivity index is 1.80. The van der Waals surface area contributed by atoms with Gasteiger partial charge in [0, 0.05) is 24.4 Å². The number of nitrogens with zero attached hydrogens (tertiary/aromatic N) is 2. The van der Waals surface area contributed by atoms with Crippen LogP contribution in [0.2, 0.25) is 0 Å². The molecule has 5 unspecified atom stereocenters. The molecule has 5 atom stereocenters. The first-order chi connectivity index (χ1) is 9.13. The highest BCUT2D eigenvalue weighted by Gasteiger charge is 2.73. The van der Waals surface area contributed by atoms with Crippen LogP contribution in [0.5, 0.6) is 0 Å². The summed E-state index contributed by atoms with van der Waals surface area (Å²) in [6.45, 7) is 4.71. The van der Waals surface area contributed by atoms with Gasteiger partial charge in [-0.2, -0.15) is 5.26 Å². The third-order valence-corrected chi connectivity index (χ3v) is 5.05. The van der Waals surface area contributed by atoms with Crippen molar-refractivity contribution < 1.29 is 4.39 Å². The highest BCUT2D eigenvalue weighted by atomic mass is 19.1. The highest BCUT2D eigenvalue weighted by molar-refractivity contribution is 5.29. The lowest BCUT2D eigenvalue weighted by molar-refractivity contribution is 0.126. The summed E-state index contributed by atoms with van der Waals surface area (Å²) in [5, 5.41) is 9.40. The zero-order valence-electron chi connectivity index (χ0n) is 11.4. The van der Waals surface area contributed by atoms with Crippen molar-refractivity contribution in [1.82, 2.24) is 4.90 Å². The van der Waals surface area contributed by atoms with Crippen LogP contribution in [0.15, 0.2) is 30.3 Å². The number of rotatable bonds is 3. The molecule has 2 nitrogen and oxygen atoms in total. The molecule has 0 amide bonds. The Hall–Kier alpha value is -1.40. The molecule has 1 heterocycles. The molecule has 1 aliphatic carbocycles. The maximum Gasteiger partial charge on any atom is 0.121 e. The second kappa shape index (κ2) is 4.31. The lowest BCUT2D eigenvalue weighted by Gasteiger charge is -2.31. The number of benzene rings is 1. The first-order valence-electron chi connectivity index (χ1n) is 7.02. The number of alkyl halides is 1. The normalized spacial score (nSPS) is 38.5. The SMILES string of the molecule is CCC1(F)C2CN(C(C)c3ccccc3)C(C#N)C21. The Morgan fingerprint density at radius 2 is 2.16 bits per heavy atom. The van der Waals surface area contributed by atoms with E-state index in [1.165, 1.54) is 5.56 Å². The van der Waals surface area contributed by atoms with Gasteiger partial charge in [-0.1, -0.05) is 37.3 Å². The van der Waals surface area contributed by atoms with E-state index < -0.39 is 5.67 Å². The van der Waals surface area contributed by atoms with Gasteiger partial charge >= 0.3 is 0 Å². The smallest absolute Gasteiger partial charge is 0.121 e. The second-order valence-electron chi connectivity index (χ2n) is 5.77. The molecular weight excluding hydrogens is 239 g/mol. The van der Waals surface area contributed by atoms with Gasteiger partial charge in [0.2, 0.25) is 0 Å².